The van der Waals surface area contributed by atoms with E-state index in [4.69, 9.17) is 9.84 Å². The van der Waals surface area contributed by atoms with E-state index >= 15 is 0 Å². The number of carbonyl (C=O) groups excluding carboxylic acids is 1. The van der Waals surface area contributed by atoms with Crippen molar-refractivity contribution in [3.63, 3.8) is 0 Å². The van der Waals surface area contributed by atoms with Crippen molar-refractivity contribution >= 4 is 17.7 Å². The predicted octanol–water partition coefficient (Wildman–Crippen LogP) is 2.06. The van der Waals surface area contributed by atoms with Crippen LogP contribution in [-0.2, 0) is 9.53 Å². The fourth-order valence-electron chi connectivity index (χ4n) is 2.57. The number of aromatic nitrogens is 1. The van der Waals surface area contributed by atoms with Crippen molar-refractivity contribution in [2.24, 2.45) is 5.92 Å². The highest BCUT2D eigenvalue weighted by Gasteiger charge is 2.26. The lowest BCUT2D eigenvalue weighted by Crippen LogP contribution is -2.29. The lowest BCUT2D eigenvalue weighted by molar-refractivity contribution is -0.122. The number of pyridine rings is 1. The number of hydrogen-bond acceptors (Lipinski definition) is 5. The molecule has 6 heteroatoms. The molecule has 2 rings (SSSR count). The lowest BCUT2D eigenvalue weighted by Gasteiger charge is -2.25. The Morgan fingerprint density at radius 1 is 1.45 bits per heavy atom. The Bertz CT molecular complexity index is 434. The number of rotatable bonds is 5. The minimum absolute atomic E-state index is 0.0564. The summed E-state index contributed by atoms with van der Waals surface area (Å²) in [7, 11) is 2.69. The molecule has 1 atom stereocenters. The first kappa shape index (κ1) is 18.9. The van der Waals surface area contributed by atoms with Crippen molar-refractivity contribution in [3.8, 4) is 0 Å². The summed E-state index contributed by atoms with van der Waals surface area (Å²) in [5, 5.41) is 9.77. The van der Waals surface area contributed by atoms with Crippen LogP contribution in [0.1, 0.15) is 30.9 Å². The number of aliphatic hydroxyl groups excluding tert-OH is 1. The molecule has 0 radical (unpaired) electrons. The van der Waals surface area contributed by atoms with Crippen molar-refractivity contribution in [2.45, 2.75) is 30.1 Å². The molecule has 1 unspecified atom stereocenters. The molecule has 1 fully saturated rings. The van der Waals surface area contributed by atoms with Gasteiger partial charge in [0.15, 0.2) is 0 Å². The second-order valence-electron chi connectivity index (χ2n) is 5.08. The van der Waals surface area contributed by atoms with Crippen LogP contribution < -0.4 is 5.32 Å². The first-order valence-corrected chi connectivity index (χ1v) is 8.71. The molecule has 0 spiro atoms. The minimum Gasteiger partial charge on any atom is -0.400 e. The fourth-order valence-corrected chi connectivity index (χ4v) is 2.93. The van der Waals surface area contributed by atoms with Gasteiger partial charge in [0.05, 0.1) is 11.6 Å². The van der Waals surface area contributed by atoms with Crippen LogP contribution in [-0.4, -0.2) is 49.6 Å². The van der Waals surface area contributed by atoms with Gasteiger partial charge in [0.2, 0.25) is 5.91 Å². The normalized spacial score (nSPS) is 16.4. The Balaban J connectivity index is 0.00000116. The van der Waals surface area contributed by atoms with Crippen molar-refractivity contribution in [1.82, 2.24) is 10.3 Å². The van der Waals surface area contributed by atoms with E-state index in [9.17, 15) is 4.79 Å². The maximum Gasteiger partial charge on any atom is 0.228 e. The van der Waals surface area contributed by atoms with Crippen molar-refractivity contribution in [2.75, 3.05) is 33.6 Å². The molecule has 2 heterocycles. The Morgan fingerprint density at radius 2 is 2.14 bits per heavy atom. The predicted molar refractivity (Wildman–Crippen MR) is 89.1 cm³/mol. The zero-order chi connectivity index (χ0) is 16.4. The van der Waals surface area contributed by atoms with Crippen LogP contribution in [0.15, 0.2) is 23.2 Å². The topological polar surface area (TPSA) is 71.5 Å². The molecule has 22 heavy (non-hydrogen) atoms. The highest BCUT2D eigenvalue weighted by molar-refractivity contribution is 7.98. The van der Waals surface area contributed by atoms with Gasteiger partial charge in [-0.25, -0.2) is 0 Å². The summed E-state index contributed by atoms with van der Waals surface area (Å²) in [4.78, 5) is 17.7. The Kier molecular flexibility index (Phi) is 9.11. The van der Waals surface area contributed by atoms with Crippen LogP contribution in [0.25, 0.3) is 0 Å². The number of thioether (sulfide) groups is 1. The molecule has 124 valence electrons. The number of aliphatic hydroxyl groups is 1. The van der Waals surface area contributed by atoms with Gasteiger partial charge in [0.1, 0.15) is 0 Å². The molecular formula is C16H26N2O3S. The largest absolute Gasteiger partial charge is 0.400 e. The van der Waals surface area contributed by atoms with Gasteiger partial charge in [-0.2, -0.15) is 0 Å². The molecule has 1 aliphatic rings. The summed E-state index contributed by atoms with van der Waals surface area (Å²) in [6, 6.07) is 4.01. The third kappa shape index (κ3) is 5.59. The van der Waals surface area contributed by atoms with Crippen molar-refractivity contribution < 1.29 is 14.6 Å². The highest BCUT2D eigenvalue weighted by Crippen LogP contribution is 2.29. The SMILES string of the molecule is CNC(=O)C(CC1CCOCC1)c1ccc(SC)cn1.CO. The van der Waals surface area contributed by atoms with Gasteiger partial charge < -0.3 is 15.2 Å². The molecule has 1 saturated heterocycles. The first-order chi connectivity index (χ1) is 10.7. The average Bonchev–Trinajstić information content (AvgIpc) is 2.62. The average molecular weight is 326 g/mol. The fraction of sp³-hybridized carbons (Fsp3) is 0.625. The smallest absolute Gasteiger partial charge is 0.228 e. The van der Waals surface area contributed by atoms with Crippen LogP contribution in [0.4, 0.5) is 0 Å². The molecule has 5 nitrogen and oxygen atoms in total. The lowest BCUT2D eigenvalue weighted by atomic mass is 9.86. The second-order valence-corrected chi connectivity index (χ2v) is 5.96. The summed E-state index contributed by atoms with van der Waals surface area (Å²) in [5.41, 5.74) is 0.869. The summed E-state index contributed by atoms with van der Waals surface area (Å²) < 4.78 is 5.39. The molecule has 0 bridgehead atoms. The number of likely N-dealkylation sites (N-methyl/N-ethyl adjacent to an activating group) is 1. The quantitative estimate of drug-likeness (QED) is 0.811. The Hall–Kier alpha value is -1.11. The summed E-state index contributed by atoms with van der Waals surface area (Å²) in [6.45, 7) is 1.62. The van der Waals surface area contributed by atoms with E-state index in [0.29, 0.717) is 5.92 Å². The van der Waals surface area contributed by atoms with Crippen LogP contribution in [0.5, 0.6) is 0 Å². The number of ether oxygens (including phenoxy) is 1. The van der Waals surface area contributed by atoms with E-state index in [1.54, 1.807) is 18.8 Å². The standard InChI is InChI=1S/C15H22N2O2S.CH4O/c1-16-15(18)13(9-11-5-7-19-8-6-11)14-4-3-12(20-2)10-17-14;1-2/h3-4,10-11,13H,5-9H2,1-2H3,(H,16,18);2H,1H3. The van der Waals surface area contributed by atoms with Gasteiger partial charge in [-0.15, -0.1) is 11.8 Å². The van der Waals surface area contributed by atoms with E-state index in [-0.39, 0.29) is 11.8 Å². The molecular weight excluding hydrogens is 300 g/mol. The molecule has 2 N–H and O–H groups in total. The Labute approximate surface area is 136 Å². The summed E-state index contributed by atoms with van der Waals surface area (Å²) in [5.74, 6) is 0.452. The van der Waals surface area contributed by atoms with Crippen molar-refractivity contribution in [1.29, 1.82) is 0 Å². The van der Waals surface area contributed by atoms with Gasteiger partial charge in [-0.3, -0.25) is 9.78 Å². The third-order valence-corrected chi connectivity index (χ3v) is 4.54. The van der Waals surface area contributed by atoms with E-state index < -0.39 is 0 Å². The van der Waals surface area contributed by atoms with Gasteiger partial charge in [-0.1, -0.05) is 0 Å². The van der Waals surface area contributed by atoms with Crippen LogP contribution >= 0.6 is 11.8 Å². The van der Waals surface area contributed by atoms with Crippen LogP contribution in [0, 0.1) is 5.92 Å². The van der Waals surface area contributed by atoms with E-state index in [1.807, 2.05) is 24.6 Å². The molecule has 1 aliphatic heterocycles. The first-order valence-electron chi connectivity index (χ1n) is 7.48. The monoisotopic (exact) mass is 326 g/mol. The molecule has 0 saturated carbocycles. The van der Waals surface area contributed by atoms with Gasteiger partial charge >= 0.3 is 0 Å². The Morgan fingerprint density at radius 3 is 2.64 bits per heavy atom. The second kappa shape index (κ2) is 10.6. The van der Waals surface area contributed by atoms with E-state index in [0.717, 1.165) is 50.2 Å². The van der Waals surface area contributed by atoms with Gasteiger partial charge in [0, 0.05) is 38.5 Å². The van der Waals surface area contributed by atoms with Crippen LogP contribution in [0.2, 0.25) is 0 Å². The maximum absolute atomic E-state index is 12.2. The van der Waals surface area contributed by atoms with E-state index in [1.165, 1.54) is 0 Å². The number of hydrogen-bond donors (Lipinski definition) is 2. The maximum atomic E-state index is 12.2. The molecule has 0 aromatic carbocycles. The van der Waals surface area contributed by atoms with E-state index in [2.05, 4.69) is 10.3 Å². The van der Waals surface area contributed by atoms with Gasteiger partial charge in [0.25, 0.3) is 0 Å². The number of amides is 1. The summed E-state index contributed by atoms with van der Waals surface area (Å²) in [6.07, 6.45) is 6.80. The zero-order valence-electron chi connectivity index (χ0n) is 13.5. The molecule has 1 amide bonds. The third-order valence-electron chi connectivity index (χ3n) is 3.82. The molecule has 1 aromatic heterocycles. The number of nitrogens with zero attached hydrogens (tertiary/aromatic N) is 1. The van der Waals surface area contributed by atoms with Gasteiger partial charge in [-0.05, 0) is 43.6 Å². The van der Waals surface area contributed by atoms with Crippen LogP contribution in [0.3, 0.4) is 0 Å². The minimum atomic E-state index is -0.154. The zero-order valence-corrected chi connectivity index (χ0v) is 14.4. The number of nitrogens with one attached hydrogen (secondary N) is 1. The molecule has 1 aromatic rings. The molecule has 0 aliphatic carbocycles. The number of carbonyl (C=O) groups is 1. The van der Waals surface area contributed by atoms with Crippen molar-refractivity contribution in [3.05, 3.63) is 24.0 Å². The highest BCUT2D eigenvalue weighted by atomic mass is 32.2. The summed E-state index contributed by atoms with van der Waals surface area (Å²) >= 11 is 1.66.